The van der Waals surface area contributed by atoms with Crippen LogP contribution >= 0.6 is 11.6 Å². The maximum atomic E-state index is 12.6. The van der Waals surface area contributed by atoms with E-state index < -0.39 is 17.8 Å². The van der Waals surface area contributed by atoms with Gasteiger partial charge in [0.25, 0.3) is 0 Å². The van der Waals surface area contributed by atoms with Crippen LogP contribution in [-0.4, -0.2) is 11.9 Å². The summed E-state index contributed by atoms with van der Waals surface area (Å²) >= 11 is 5.99. The quantitative estimate of drug-likeness (QED) is 0.941. The molecule has 0 aromatic heterocycles. The normalized spacial score (nSPS) is 20.8. The Morgan fingerprint density at radius 3 is 2.61 bits per heavy atom. The molecular formula is C18H15ClNO3-. The van der Waals surface area contributed by atoms with Crippen LogP contribution in [0.15, 0.2) is 53.6 Å². The van der Waals surface area contributed by atoms with Crippen LogP contribution < -0.4 is 10.4 Å². The Labute approximate surface area is 138 Å². The van der Waals surface area contributed by atoms with Gasteiger partial charge >= 0.3 is 0 Å². The molecule has 2 atom stereocenters. The van der Waals surface area contributed by atoms with Gasteiger partial charge in [0, 0.05) is 28.0 Å². The number of rotatable bonds is 3. The molecule has 0 saturated heterocycles. The number of amides is 1. The summed E-state index contributed by atoms with van der Waals surface area (Å²) < 4.78 is 0. The third-order valence-corrected chi connectivity index (χ3v) is 4.49. The molecule has 4 nitrogen and oxygen atoms in total. The van der Waals surface area contributed by atoms with E-state index in [2.05, 4.69) is 5.32 Å². The molecular weight excluding hydrogens is 314 g/mol. The van der Waals surface area contributed by atoms with Gasteiger partial charge in [-0.3, -0.25) is 4.79 Å². The summed E-state index contributed by atoms with van der Waals surface area (Å²) in [6, 6.07) is 13.3. The molecule has 1 N–H and O–H groups in total. The predicted molar refractivity (Wildman–Crippen MR) is 87.7 cm³/mol. The fourth-order valence-corrected chi connectivity index (χ4v) is 3.21. The van der Waals surface area contributed by atoms with Gasteiger partial charge in [-0.05, 0) is 24.3 Å². The number of carboxylic acids is 1. The van der Waals surface area contributed by atoms with Crippen LogP contribution in [0.25, 0.3) is 10.8 Å². The van der Waals surface area contributed by atoms with Crippen LogP contribution in [0, 0.1) is 11.8 Å². The lowest BCUT2D eigenvalue weighted by Gasteiger charge is -2.29. The van der Waals surface area contributed by atoms with Gasteiger partial charge in [0.15, 0.2) is 0 Å². The van der Waals surface area contributed by atoms with Crippen molar-refractivity contribution in [3.8, 4) is 0 Å². The molecule has 2 aromatic carbocycles. The molecule has 0 spiro atoms. The lowest BCUT2D eigenvalue weighted by atomic mass is 9.82. The molecule has 0 unspecified atom stereocenters. The monoisotopic (exact) mass is 328 g/mol. The molecule has 0 heterocycles. The molecule has 5 heteroatoms. The van der Waals surface area contributed by atoms with Gasteiger partial charge in [0.1, 0.15) is 0 Å². The minimum Gasteiger partial charge on any atom is -0.550 e. The Kier molecular flexibility index (Phi) is 4.35. The molecule has 0 saturated carbocycles. The number of allylic oxidation sites excluding steroid dienone is 2. The number of carboxylic acid groups (broad SMARTS) is 1. The lowest BCUT2D eigenvalue weighted by Crippen LogP contribution is -2.42. The standard InChI is InChI=1S/C18H16ClNO3/c19-12-8-9-14(18(22)23)15(10-12)17(21)20-16-7-3-5-11-4-1-2-6-13(11)16/h1-8,14-15H,9-10H2,(H,20,21)(H,22,23)/p-1/t14-,15-/m1/s1. The zero-order chi connectivity index (χ0) is 16.4. The molecule has 0 aliphatic heterocycles. The molecule has 118 valence electrons. The summed E-state index contributed by atoms with van der Waals surface area (Å²) in [5.74, 6) is -3.14. The Hall–Kier alpha value is -2.33. The van der Waals surface area contributed by atoms with Crippen LogP contribution in [-0.2, 0) is 9.59 Å². The van der Waals surface area contributed by atoms with Crippen LogP contribution in [0.4, 0.5) is 5.69 Å². The first-order valence-electron chi connectivity index (χ1n) is 7.40. The number of aliphatic carboxylic acids is 1. The SMILES string of the molecule is O=C([O-])[C@@H]1CC=C(Cl)C[C@H]1C(=O)Nc1cccc2ccccc12. The zero-order valence-electron chi connectivity index (χ0n) is 12.3. The number of carbonyl (C=O) groups is 2. The fraction of sp³-hybridized carbons (Fsp3) is 0.222. The molecule has 1 amide bonds. The van der Waals surface area contributed by atoms with Crippen LogP contribution in [0.1, 0.15) is 12.8 Å². The van der Waals surface area contributed by atoms with E-state index in [4.69, 9.17) is 11.6 Å². The van der Waals surface area contributed by atoms with Gasteiger partial charge < -0.3 is 15.2 Å². The fourth-order valence-electron chi connectivity index (χ4n) is 2.95. The van der Waals surface area contributed by atoms with Gasteiger partial charge in [-0.25, -0.2) is 0 Å². The number of carbonyl (C=O) groups excluding carboxylic acids is 2. The van der Waals surface area contributed by atoms with E-state index in [1.807, 2.05) is 36.4 Å². The number of benzene rings is 2. The Balaban J connectivity index is 1.88. The van der Waals surface area contributed by atoms with E-state index in [1.54, 1.807) is 12.1 Å². The first-order valence-corrected chi connectivity index (χ1v) is 7.78. The van der Waals surface area contributed by atoms with Gasteiger partial charge in [-0.15, -0.1) is 0 Å². The smallest absolute Gasteiger partial charge is 0.228 e. The average molecular weight is 329 g/mol. The van der Waals surface area contributed by atoms with Crippen molar-refractivity contribution in [3.05, 3.63) is 53.6 Å². The topological polar surface area (TPSA) is 69.2 Å². The van der Waals surface area contributed by atoms with Crippen LogP contribution in [0.5, 0.6) is 0 Å². The second kappa shape index (κ2) is 6.42. The first kappa shape index (κ1) is 15.6. The highest BCUT2D eigenvalue weighted by molar-refractivity contribution is 6.29. The molecule has 23 heavy (non-hydrogen) atoms. The van der Waals surface area contributed by atoms with Crippen molar-refractivity contribution < 1.29 is 14.7 Å². The molecule has 0 radical (unpaired) electrons. The highest BCUT2D eigenvalue weighted by Crippen LogP contribution is 2.33. The molecule has 1 aliphatic carbocycles. The second-order valence-corrected chi connectivity index (χ2v) is 6.12. The van der Waals surface area contributed by atoms with Crippen LogP contribution in [0.3, 0.4) is 0 Å². The highest BCUT2D eigenvalue weighted by Gasteiger charge is 2.32. The zero-order valence-corrected chi connectivity index (χ0v) is 13.0. The minimum absolute atomic E-state index is 0.217. The van der Waals surface area contributed by atoms with Gasteiger partial charge in [-0.2, -0.15) is 0 Å². The van der Waals surface area contributed by atoms with Crippen molar-refractivity contribution in [3.63, 3.8) is 0 Å². The number of nitrogens with one attached hydrogen (secondary N) is 1. The second-order valence-electron chi connectivity index (χ2n) is 5.64. The number of hydrogen-bond acceptors (Lipinski definition) is 3. The molecule has 1 aliphatic rings. The van der Waals surface area contributed by atoms with Gasteiger partial charge in [0.05, 0.1) is 5.92 Å². The van der Waals surface area contributed by atoms with E-state index in [1.165, 1.54) is 0 Å². The molecule has 0 bridgehead atoms. The Bertz CT molecular complexity index is 794. The number of halogens is 1. The summed E-state index contributed by atoms with van der Waals surface area (Å²) in [5, 5.41) is 16.5. The van der Waals surface area contributed by atoms with E-state index in [9.17, 15) is 14.7 Å². The predicted octanol–water partition coefficient (Wildman–Crippen LogP) is 2.68. The Morgan fingerprint density at radius 2 is 1.83 bits per heavy atom. The van der Waals surface area contributed by atoms with Crippen molar-refractivity contribution in [1.82, 2.24) is 0 Å². The first-order chi connectivity index (χ1) is 11.1. The summed E-state index contributed by atoms with van der Waals surface area (Å²) in [5.41, 5.74) is 0.663. The van der Waals surface area contributed by atoms with Crippen molar-refractivity contribution in [1.29, 1.82) is 0 Å². The van der Waals surface area contributed by atoms with Crippen LogP contribution in [0.2, 0.25) is 0 Å². The van der Waals surface area contributed by atoms with E-state index in [0.717, 1.165) is 10.8 Å². The Morgan fingerprint density at radius 1 is 1.09 bits per heavy atom. The third kappa shape index (κ3) is 3.22. The van der Waals surface area contributed by atoms with Crippen molar-refractivity contribution in [2.45, 2.75) is 12.8 Å². The maximum absolute atomic E-state index is 12.6. The molecule has 3 rings (SSSR count). The molecule has 2 aromatic rings. The van der Waals surface area contributed by atoms with Gasteiger partial charge in [-0.1, -0.05) is 54.1 Å². The number of fused-ring (bicyclic) bond motifs is 1. The van der Waals surface area contributed by atoms with E-state index in [0.29, 0.717) is 10.7 Å². The summed E-state index contributed by atoms with van der Waals surface area (Å²) in [7, 11) is 0. The number of anilines is 1. The minimum atomic E-state index is -1.22. The third-order valence-electron chi connectivity index (χ3n) is 4.18. The van der Waals surface area contributed by atoms with Crippen molar-refractivity contribution in [2.24, 2.45) is 11.8 Å². The summed E-state index contributed by atoms with van der Waals surface area (Å²) in [6.07, 6.45) is 2.08. The van der Waals surface area contributed by atoms with Crippen molar-refractivity contribution in [2.75, 3.05) is 5.32 Å². The maximum Gasteiger partial charge on any atom is 0.228 e. The van der Waals surface area contributed by atoms with Crippen molar-refractivity contribution >= 4 is 39.9 Å². The molecule has 0 fully saturated rings. The number of hydrogen-bond donors (Lipinski definition) is 1. The highest BCUT2D eigenvalue weighted by atomic mass is 35.5. The largest absolute Gasteiger partial charge is 0.550 e. The lowest BCUT2D eigenvalue weighted by molar-refractivity contribution is -0.313. The van der Waals surface area contributed by atoms with Gasteiger partial charge in [0.2, 0.25) is 5.91 Å². The average Bonchev–Trinajstić information content (AvgIpc) is 2.54. The summed E-state index contributed by atoms with van der Waals surface area (Å²) in [4.78, 5) is 23.9. The summed E-state index contributed by atoms with van der Waals surface area (Å²) in [6.45, 7) is 0. The van der Waals surface area contributed by atoms with E-state index in [-0.39, 0.29) is 18.7 Å². The van der Waals surface area contributed by atoms with E-state index >= 15 is 0 Å².